The molecule has 0 fully saturated rings. The van der Waals surface area contributed by atoms with Gasteiger partial charge in [-0.25, -0.2) is 4.39 Å². The van der Waals surface area contributed by atoms with Crippen LogP contribution in [0, 0.1) is 12.7 Å². The predicted octanol–water partition coefficient (Wildman–Crippen LogP) is 4.41. The minimum Gasteiger partial charge on any atom is -0.493 e. The first-order valence-electron chi connectivity index (χ1n) is 8.43. The van der Waals surface area contributed by atoms with E-state index in [-0.39, 0.29) is 5.82 Å². The zero-order valence-corrected chi connectivity index (χ0v) is 16.5. The third-order valence-corrected chi connectivity index (χ3v) is 4.59. The zero-order chi connectivity index (χ0) is 19.1. The van der Waals surface area contributed by atoms with Crippen LogP contribution in [0.2, 0.25) is 0 Å². The van der Waals surface area contributed by atoms with Crippen LogP contribution in [0.3, 0.4) is 0 Å². The van der Waals surface area contributed by atoms with E-state index in [4.69, 9.17) is 21.7 Å². The van der Waals surface area contributed by atoms with Gasteiger partial charge in [-0.2, -0.15) is 0 Å². The van der Waals surface area contributed by atoms with E-state index in [0.29, 0.717) is 16.4 Å². The van der Waals surface area contributed by atoms with E-state index in [1.54, 1.807) is 27.2 Å². The van der Waals surface area contributed by atoms with Crippen molar-refractivity contribution in [1.82, 2.24) is 4.90 Å². The van der Waals surface area contributed by atoms with Crippen molar-refractivity contribution < 1.29 is 13.9 Å². The number of aryl methyl sites for hydroxylation is 2. The lowest BCUT2D eigenvalue weighted by molar-refractivity contribution is 0.354. The number of ether oxygens (including phenoxy) is 2. The van der Waals surface area contributed by atoms with Crippen molar-refractivity contribution in [2.45, 2.75) is 19.8 Å². The molecule has 1 N–H and O–H groups in total. The van der Waals surface area contributed by atoms with Crippen LogP contribution in [0.15, 0.2) is 36.4 Å². The summed E-state index contributed by atoms with van der Waals surface area (Å²) >= 11 is 5.39. The molecular weight excluding hydrogens is 351 g/mol. The number of halogens is 1. The molecule has 0 aromatic heterocycles. The van der Waals surface area contributed by atoms with Gasteiger partial charge in [0.05, 0.1) is 14.2 Å². The van der Waals surface area contributed by atoms with Crippen molar-refractivity contribution in [2.75, 3.05) is 33.1 Å². The highest BCUT2D eigenvalue weighted by atomic mass is 32.1. The lowest BCUT2D eigenvalue weighted by atomic mass is 10.1. The fourth-order valence-corrected chi connectivity index (χ4v) is 2.76. The number of nitrogens with one attached hydrogen (secondary N) is 1. The molecule has 0 aliphatic rings. The van der Waals surface area contributed by atoms with Gasteiger partial charge >= 0.3 is 0 Å². The standard InChI is InChI=1S/C20H25FN2O2S/c1-14-7-9-16(13-17(14)21)22-20(26)23(2)11-5-6-15-8-10-18(24-3)19(12-15)25-4/h7-10,12-13H,5-6,11H2,1-4H3,(H,22,26). The van der Waals surface area contributed by atoms with Crippen molar-refractivity contribution in [3.63, 3.8) is 0 Å². The lowest BCUT2D eigenvalue weighted by Gasteiger charge is -2.21. The molecule has 6 heteroatoms. The Hall–Kier alpha value is -2.34. The SMILES string of the molecule is COc1ccc(CCCN(C)C(=S)Nc2ccc(C)c(F)c2)cc1OC. The summed E-state index contributed by atoms with van der Waals surface area (Å²) in [5.41, 5.74) is 2.45. The fourth-order valence-electron chi connectivity index (χ4n) is 2.55. The molecule has 2 aromatic rings. The van der Waals surface area contributed by atoms with Gasteiger partial charge in [0, 0.05) is 19.3 Å². The van der Waals surface area contributed by atoms with Crippen LogP contribution in [-0.4, -0.2) is 37.8 Å². The van der Waals surface area contributed by atoms with E-state index in [0.717, 1.165) is 30.9 Å². The Morgan fingerprint density at radius 2 is 1.85 bits per heavy atom. The van der Waals surface area contributed by atoms with Crippen LogP contribution in [-0.2, 0) is 6.42 Å². The number of hydrogen-bond donors (Lipinski definition) is 1. The number of thiocarbonyl (C=S) groups is 1. The van der Waals surface area contributed by atoms with Gasteiger partial charge in [-0.05, 0) is 67.4 Å². The maximum absolute atomic E-state index is 13.6. The lowest BCUT2D eigenvalue weighted by Crippen LogP contribution is -2.32. The second-order valence-electron chi connectivity index (χ2n) is 6.11. The third kappa shape index (κ3) is 5.33. The summed E-state index contributed by atoms with van der Waals surface area (Å²) in [6.07, 6.45) is 1.82. The Labute approximate surface area is 159 Å². The van der Waals surface area contributed by atoms with Crippen molar-refractivity contribution >= 4 is 23.0 Å². The topological polar surface area (TPSA) is 33.7 Å². The van der Waals surface area contributed by atoms with Gasteiger partial charge in [-0.1, -0.05) is 12.1 Å². The quantitative estimate of drug-likeness (QED) is 0.724. The highest BCUT2D eigenvalue weighted by molar-refractivity contribution is 7.80. The molecule has 0 unspecified atom stereocenters. The summed E-state index contributed by atoms with van der Waals surface area (Å²) in [7, 11) is 5.18. The summed E-state index contributed by atoms with van der Waals surface area (Å²) in [6.45, 7) is 2.52. The molecule has 2 aromatic carbocycles. The van der Waals surface area contributed by atoms with Gasteiger partial charge in [0.1, 0.15) is 5.82 Å². The monoisotopic (exact) mass is 376 g/mol. The number of benzene rings is 2. The second-order valence-corrected chi connectivity index (χ2v) is 6.50. The fraction of sp³-hybridized carbons (Fsp3) is 0.350. The highest BCUT2D eigenvalue weighted by Crippen LogP contribution is 2.28. The van der Waals surface area contributed by atoms with Crippen molar-refractivity contribution in [3.05, 3.63) is 53.3 Å². The molecule has 0 spiro atoms. The predicted molar refractivity (Wildman–Crippen MR) is 108 cm³/mol. The Kier molecular flexibility index (Phi) is 7.21. The van der Waals surface area contributed by atoms with E-state index >= 15 is 0 Å². The van der Waals surface area contributed by atoms with Crippen LogP contribution in [0.1, 0.15) is 17.5 Å². The summed E-state index contributed by atoms with van der Waals surface area (Å²) in [5.74, 6) is 1.22. The molecule has 0 aliphatic carbocycles. The van der Waals surface area contributed by atoms with Gasteiger partial charge in [-0.3, -0.25) is 0 Å². The molecule has 0 atom stereocenters. The number of nitrogens with zero attached hydrogens (tertiary/aromatic N) is 1. The first-order valence-corrected chi connectivity index (χ1v) is 8.84. The third-order valence-electron chi connectivity index (χ3n) is 4.18. The minimum absolute atomic E-state index is 0.242. The molecule has 140 valence electrons. The largest absolute Gasteiger partial charge is 0.493 e. The van der Waals surface area contributed by atoms with Crippen molar-refractivity contribution in [2.24, 2.45) is 0 Å². The highest BCUT2D eigenvalue weighted by Gasteiger charge is 2.08. The maximum Gasteiger partial charge on any atom is 0.173 e. The van der Waals surface area contributed by atoms with E-state index in [1.807, 2.05) is 36.2 Å². The number of rotatable bonds is 7. The first-order chi connectivity index (χ1) is 12.4. The Morgan fingerprint density at radius 3 is 2.50 bits per heavy atom. The first kappa shape index (κ1) is 20.0. The molecule has 0 heterocycles. The Morgan fingerprint density at radius 1 is 1.12 bits per heavy atom. The van der Waals surface area contributed by atoms with E-state index < -0.39 is 0 Å². The molecular formula is C20H25FN2O2S. The summed E-state index contributed by atoms with van der Waals surface area (Å²) in [5, 5.41) is 3.64. The molecule has 2 rings (SSSR count). The van der Waals surface area contributed by atoms with Gasteiger partial charge in [-0.15, -0.1) is 0 Å². The molecule has 4 nitrogen and oxygen atoms in total. The van der Waals surface area contributed by atoms with Crippen molar-refractivity contribution in [1.29, 1.82) is 0 Å². The van der Waals surface area contributed by atoms with Gasteiger partial charge in [0.15, 0.2) is 16.6 Å². The number of methoxy groups -OCH3 is 2. The average molecular weight is 376 g/mol. The molecule has 26 heavy (non-hydrogen) atoms. The van der Waals surface area contributed by atoms with Crippen molar-refractivity contribution in [3.8, 4) is 11.5 Å². The van der Waals surface area contributed by atoms with Crippen LogP contribution in [0.4, 0.5) is 10.1 Å². The summed E-state index contributed by atoms with van der Waals surface area (Å²) in [6, 6.07) is 11.0. The zero-order valence-electron chi connectivity index (χ0n) is 15.6. The normalized spacial score (nSPS) is 10.3. The van der Waals surface area contributed by atoms with Gasteiger partial charge < -0.3 is 19.7 Å². The van der Waals surface area contributed by atoms with E-state index in [2.05, 4.69) is 5.32 Å². The van der Waals surface area contributed by atoms with Crippen LogP contribution < -0.4 is 14.8 Å². The van der Waals surface area contributed by atoms with E-state index in [9.17, 15) is 4.39 Å². The maximum atomic E-state index is 13.6. The summed E-state index contributed by atoms with van der Waals surface area (Å²) in [4.78, 5) is 1.95. The second kappa shape index (κ2) is 9.38. The van der Waals surface area contributed by atoms with Gasteiger partial charge in [0.25, 0.3) is 0 Å². The molecule has 0 saturated carbocycles. The average Bonchev–Trinajstić information content (AvgIpc) is 2.64. The van der Waals surface area contributed by atoms with Gasteiger partial charge in [0.2, 0.25) is 0 Å². The minimum atomic E-state index is -0.242. The molecule has 0 radical (unpaired) electrons. The van der Waals surface area contributed by atoms with E-state index in [1.165, 1.54) is 11.6 Å². The smallest absolute Gasteiger partial charge is 0.173 e. The van der Waals surface area contributed by atoms with Crippen LogP contribution in [0.5, 0.6) is 11.5 Å². The number of anilines is 1. The van der Waals surface area contributed by atoms with Crippen LogP contribution in [0.25, 0.3) is 0 Å². The Balaban J connectivity index is 1.85. The molecule has 0 bridgehead atoms. The number of hydrogen-bond acceptors (Lipinski definition) is 3. The molecule has 0 saturated heterocycles. The molecule has 0 aliphatic heterocycles. The van der Waals surface area contributed by atoms with Crippen LogP contribution >= 0.6 is 12.2 Å². The molecule has 0 amide bonds. The summed E-state index contributed by atoms with van der Waals surface area (Å²) < 4.78 is 24.2. The Bertz CT molecular complexity index is 767.